The number of anilines is 4. The van der Waals surface area contributed by atoms with E-state index < -0.39 is 7.12 Å². The summed E-state index contributed by atoms with van der Waals surface area (Å²) in [4.78, 5) is 61.7. The van der Waals surface area contributed by atoms with Gasteiger partial charge in [0.1, 0.15) is 13.1 Å². The van der Waals surface area contributed by atoms with E-state index in [0.717, 1.165) is 74.6 Å². The van der Waals surface area contributed by atoms with E-state index in [0.29, 0.717) is 77.3 Å². The molecule has 0 bridgehead atoms. The van der Waals surface area contributed by atoms with Crippen LogP contribution in [0.25, 0.3) is 11.1 Å². The largest absolute Gasteiger partial charge is 0.496 e. The van der Waals surface area contributed by atoms with Gasteiger partial charge < -0.3 is 48.7 Å². The fourth-order valence-electron chi connectivity index (χ4n) is 10.4. The van der Waals surface area contributed by atoms with Crippen LogP contribution in [0, 0.1) is 34.0 Å². The molecule has 104 heavy (non-hydrogen) atoms. The van der Waals surface area contributed by atoms with Crippen molar-refractivity contribution < 1.29 is 47.4 Å². The van der Waals surface area contributed by atoms with Crippen LogP contribution in [0.3, 0.4) is 0 Å². The molecule has 0 saturated carbocycles. The number of H-pyrrole nitrogens is 2. The maximum atomic E-state index is 12.8. The highest BCUT2D eigenvalue weighted by Crippen LogP contribution is 2.39. The third-order valence-corrected chi connectivity index (χ3v) is 18.5. The highest BCUT2D eigenvalue weighted by Gasteiger charge is 2.52. The summed E-state index contributed by atoms with van der Waals surface area (Å²) in [5, 5.41) is 46.6. The molecule has 1 fully saturated rings. The van der Waals surface area contributed by atoms with E-state index in [4.69, 9.17) is 49.8 Å². The number of carbonyl (C=O) groups is 4. The average molecular weight is 1670 g/mol. The first-order valence-electron chi connectivity index (χ1n) is 31.8. The minimum Gasteiger partial charge on any atom is -0.491 e. The Bertz CT molecular complexity index is 4790. The summed E-state index contributed by atoms with van der Waals surface area (Å²) >= 11 is 13.5. The number of ether oxygens (including phenoxy) is 4. The number of hydrogen-bond acceptors (Lipinski definition) is 20. The molecular formula is C72H72BBr4N17O10. The number of carbonyl (C=O) groups excluding carboxylic acids is 4. The molecule has 536 valence electrons. The van der Waals surface area contributed by atoms with Crippen LogP contribution in [0.5, 0.6) is 23.3 Å². The molecule has 4 N–H and O–H groups in total. The van der Waals surface area contributed by atoms with Gasteiger partial charge in [-0.2, -0.15) is 36.2 Å². The summed E-state index contributed by atoms with van der Waals surface area (Å²) < 4.78 is 38.8. The van der Waals surface area contributed by atoms with Crippen molar-refractivity contribution in [2.45, 2.75) is 97.2 Å². The van der Waals surface area contributed by atoms with Crippen molar-refractivity contribution in [3.8, 4) is 52.6 Å². The van der Waals surface area contributed by atoms with E-state index >= 15 is 0 Å². The lowest BCUT2D eigenvalue weighted by Crippen LogP contribution is -2.41. The number of nitrogens with one attached hydrogen (secondary N) is 2. The lowest BCUT2D eigenvalue weighted by Gasteiger charge is -2.32. The number of amides is 3. The number of rotatable bonds is 13. The Hall–Kier alpha value is -10.5. The number of benzene rings is 4. The second-order valence-corrected chi connectivity index (χ2v) is 27.1. The fraction of sp³-hybridized carbons (Fsp3) is 0.264. The molecule has 1 saturated heterocycles. The topological polar surface area (TPSA) is 350 Å². The third kappa shape index (κ3) is 19.6. The van der Waals surface area contributed by atoms with Gasteiger partial charge in [0, 0.05) is 95.6 Å². The van der Waals surface area contributed by atoms with E-state index in [1.807, 2.05) is 138 Å². The van der Waals surface area contributed by atoms with Crippen LogP contribution in [0.4, 0.5) is 22.7 Å². The maximum absolute atomic E-state index is 12.8. The van der Waals surface area contributed by atoms with Crippen molar-refractivity contribution in [1.82, 2.24) is 49.9 Å². The van der Waals surface area contributed by atoms with Crippen LogP contribution < -0.4 is 44.8 Å². The molecule has 4 aliphatic heterocycles. The number of pyridine rings is 2. The molecular weight excluding hydrogens is 1590 g/mol. The summed E-state index contributed by atoms with van der Waals surface area (Å²) in [6.45, 7) is 13.4. The number of aromatic nitrogens is 10. The zero-order valence-electron chi connectivity index (χ0n) is 58.3. The number of methoxy groups -OCH3 is 4. The van der Waals surface area contributed by atoms with Crippen LogP contribution >= 0.6 is 63.7 Å². The Kier molecular flexibility index (Phi) is 27.8. The summed E-state index contributed by atoms with van der Waals surface area (Å²) in [5.41, 5.74) is 16.8. The average Bonchev–Trinajstić information content (AvgIpc) is 1.65. The number of nitriles is 3. The summed E-state index contributed by atoms with van der Waals surface area (Å²) in [6, 6.07) is 32.4. The van der Waals surface area contributed by atoms with Crippen molar-refractivity contribution >= 4 is 123 Å². The van der Waals surface area contributed by atoms with Crippen molar-refractivity contribution in [3.05, 3.63) is 205 Å². The lowest BCUT2D eigenvalue weighted by atomic mass is 9.80. The molecule has 0 atom stereocenters. The molecule has 32 heteroatoms. The van der Waals surface area contributed by atoms with Crippen molar-refractivity contribution in [2.75, 3.05) is 48.9 Å². The molecule has 6 aromatic heterocycles. The fourth-order valence-corrected chi connectivity index (χ4v) is 12.1. The van der Waals surface area contributed by atoms with Gasteiger partial charge in [0.25, 0.3) is 29.5 Å². The second kappa shape index (κ2) is 36.6. The Labute approximate surface area is 634 Å². The molecule has 10 aromatic rings. The van der Waals surface area contributed by atoms with Crippen molar-refractivity contribution in [2.24, 2.45) is 0 Å². The normalized spacial score (nSPS) is 13.6. The molecule has 0 aliphatic carbocycles. The summed E-state index contributed by atoms with van der Waals surface area (Å²) in [7, 11) is 5.79. The highest BCUT2D eigenvalue weighted by molar-refractivity contribution is 9.11. The van der Waals surface area contributed by atoms with Crippen LogP contribution in [0.1, 0.15) is 112 Å². The zero-order chi connectivity index (χ0) is 75.4. The van der Waals surface area contributed by atoms with Gasteiger partial charge in [-0.15, -0.1) is 0 Å². The maximum Gasteiger partial charge on any atom is 0.496 e. The Morgan fingerprint density at radius 3 is 1.48 bits per heavy atom. The summed E-state index contributed by atoms with van der Waals surface area (Å²) in [6.07, 6.45) is 17.2. The Morgan fingerprint density at radius 2 is 1.05 bits per heavy atom. The molecule has 4 aliphatic rings. The van der Waals surface area contributed by atoms with Gasteiger partial charge in [-0.25, -0.2) is 9.97 Å². The third-order valence-electron chi connectivity index (χ3n) is 16.4. The van der Waals surface area contributed by atoms with Crippen LogP contribution in [-0.4, -0.2) is 120 Å². The molecule has 10 heterocycles. The Balaban J connectivity index is 0.000000162. The van der Waals surface area contributed by atoms with E-state index in [1.54, 1.807) is 112 Å². The first kappa shape index (κ1) is 79.2. The molecule has 3 amide bonds. The van der Waals surface area contributed by atoms with E-state index in [-0.39, 0.29) is 47.8 Å². The number of nitrogen functional groups attached to an aromatic ring is 1. The van der Waals surface area contributed by atoms with Crippen molar-refractivity contribution in [3.63, 3.8) is 0 Å². The molecule has 0 spiro atoms. The molecule has 0 radical (unpaired) electrons. The monoisotopic (exact) mass is 1660 g/mol. The number of ketones is 1. The van der Waals surface area contributed by atoms with Gasteiger partial charge in [-0.05, 0) is 141 Å². The Morgan fingerprint density at radius 1 is 0.587 bits per heavy atom. The number of nitrogens with two attached hydrogens (primary N) is 1. The highest BCUT2D eigenvalue weighted by atomic mass is 79.9. The van der Waals surface area contributed by atoms with Gasteiger partial charge in [0.2, 0.25) is 0 Å². The van der Waals surface area contributed by atoms with Gasteiger partial charge in [0.05, 0.1) is 125 Å². The SMILES string of the molecule is CC(=O)c1ccc(Br)cc1CBr.CCC#N.COc1cc(-c2ccc3c(c2)CN(c2cnn(CC#N)c2)C3=O)cnc1OC.COc1cc(B2OC(C)(C)C(C)(C)O2)cnc1OC.N#CCn1cc(N2Cc3cc(Br)ccc3C2=O)cn1.Nc1cn[nH]c1.O=C1c2ccc(Br)cc2CN1c1cn[nH]c1. The van der Waals surface area contributed by atoms with Crippen LogP contribution in [0.15, 0.2) is 160 Å². The molecule has 14 rings (SSSR count). The minimum absolute atomic E-state index is 0.0287. The van der Waals surface area contributed by atoms with E-state index in [2.05, 4.69) is 104 Å². The van der Waals surface area contributed by atoms with Gasteiger partial charge >= 0.3 is 7.12 Å². The number of hydrogen-bond donors (Lipinski definition) is 3. The quantitative estimate of drug-likeness (QED) is 0.0548. The van der Waals surface area contributed by atoms with E-state index in [1.165, 1.54) is 9.36 Å². The van der Waals surface area contributed by atoms with Crippen LogP contribution in [-0.2, 0) is 47.4 Å². The number of halogens is 4. The lowest BCUT2D eigenvalue weighted by molar-refractivity contribution is 0.00578. The predicted octanol–water partition coefficient (Wildman–Crippen LogP) is 13.2. The number of fused-ring (bicyclic) bond motifs is 3. The molecule has 27 nitrogen and oxygen atoms in total. The molecule has 4 aromatic carbocycles. The van der Waals surface area contributed by atoms with E-state index in [9.17, 15) is 19.2 Å². The predicted molar refractivity (Wildman–Crippen MR) is 406 cm³/mol. The minimum atomic E-state index is -0.447. The van der Waals surface area contributed by atoms with Gasteiger partial charge in [-0.1, -0.05) is 76.7 Å². The zero-order valence-corrected chi connectivity index (χ0v) is 64.7. The molecule has 0 unspecified atom stereocenters. The second-order valence-electron chi connectivity index (χ2n) is 23.8. The standard InChI is InChI=1S/C20H17N5O3.C13H20BNO4.C13H9BrN4O.C11H8BrN3O.C9H8Br2O.C3H5N3.C3H5N/c1-27-18-8-14(9-22-19(18)28-2)13-3-4-17-15(7-13)11-25(20(17)26)16-10-23-24(12-16)6-5-21;1-12(2)13(3,4)19-14(18-12)9-7-10(16-5)11(17-6)15-8-9;14-10-1-2-12-9(5-10)7-18(13(12)19)11-6-16-17(8-11)4-3-15;12-8-1-2-10-7(3-8)6-15(11(10)16)9-4-13-14-5-9;1-6(12)9-3-2-8(11)4-7(9)5-10;4-3-1-5-6-2-3;1-2-3-4/h3-4,7-10,12H,6,11H2,1-2H3;7-8H,1-6H3;1-2,5-6,8H,4,7H2;1-5H,6H2,(H,13,14);2-4H,5H2,1H3;1-2H,4H2,(H,5,6);2H2,1H3. The number of aromatic amines is 2. The van der Waals surface area contributed by atoms with Crippen LogP contribution in [0.2, 0.25) is 0 Å². The first-order valence-corrected chi connectivity index (χ1v) is 35.3. The smallest absolute Gasteiger partial charge is 0.491 e. The summed E-state index contributed by atoms with van der Waals surface area (Å²) in [5.74, 6) is 2.01. The number of Topliss-reactive ketones (excluding diaryl/α,β-unsaturated/α-hetero) is 1. The van der Waals surface area contributed by atoms with Gasteiger partial charge in [0.15, 0.2) is 17.3 Å². The van der Waals surface area contributed by atoms with Crippen molar-refractivity contribution in [1.29, 1.82) is 15.8 Å². The number of alkyl halides is 1. The number of nitrogens with zero attached hydrogens (tertiary/aromatic N) is 14. The van der Waals surface area contributed by atoms with Gasteiger partial charge in [-0.3, -0.25) is 38.7 Å². The first-order chi connectivity index (χ1) is 49.8.